The fourth-order valence-electron chi connectivity index (χ4n) is 3.13. The number of likely N-dealkylation sites (tertiary alicyclic amines) is 1. The van der Waals surface area contributed by atoms with Crippen molar-refractivity contribution in [3.8, 4) is 0 Å². The van der Waals surface area contributed by atoms with E-state index >= 15 is 0 Å². The first-order valence-corrected chi connectivity index (χ1v) is 8.03. The Morgan fingerprint density at radius 1 is 0.900 bits per heavy atom. The minimum atomic E-state index is 0.0954. The third-order valence-corrected chi connectivity index (χ3v) is 4.59. The van der Waals surface area contributed by atoms with Gasteiger partial charge in [0.15, 0.2) is 0 Å². The number of amides is 2. The maximum Gasteiger partial charge on any atom is 0.234 e. The molecule has 0 bridgehead atoms. The van der Waals surface area contributed by atoms with Crippen molar-refractivity contribution in [2.45, 2.75) is 57.0 Å². The van der Waals surface area contributed by atoms with Crippen LogP contribution in [0.3, 0.4) is 0 Å². The van der Waals surface area contributed by atoms with Crippen LogP contribution in [0.25, 0.3) is 0 Å². The summed E-state index contributed by atoms with van der Waals surface area (Å²) in [4.78, 5) is 25.8. The zero-order chi connectivity index (χ0) is 13.9. The summed E-state index contributed by atoms with van der Waals surface area (Å²) < 4.78 is 0. The van der Waals surface area contributed by atoms with E-state index in [-0.39, 0.29) is 17.7 Å². The molecule has 0 aromatic heterocycles. The second-order valence-electron chi connectivity index (χ2n) is 6.58. The molecule has 0 atom stereocenters. The molecule has 0 aromatic rings. The Hall–Kier alpha value is -1.10. The van der Waals surface area contributed by atoms with Crippen LogP contribution < -0.4 is 10.6 Å². The van der Waals surface area contributed by atoms with Crippen LogP contribution in [0, 0.1) is 5.92 Å². The van der Waals surface area contributed by atoms with Crippen molar-refractivity contribution in [2.75, 3.05) is 19.6 Å². The molecule has 1 aliphatic heterocycles. The van der Waals surface area contributed by atoms with Gasteiger partial charge < -0.3 is 10.6 Å². The van der Waals surface area contributed by atoms with Crippen LogP contribution in [0.5, 0.6) is 0 Å². The van der Waals surface area contributed by atoms with Crippen LogP contribution in [0.15, 0.2) is 0 Å². The second-order valence-corrected chi connectivity index (χ2v) is 6.58. The second kappa shape index (κ2) is 6.12. The molecule has 1 heterocycles. The predicted molar refractivity (Wildman–Crippen MR) is 76.1 cm³/mol. The van der Waals surface area contributed by atoms with Gasteiger partial charge in [-0.25, -0.2) is 0 Å². The molecule has 2 aliphatic carbocycles. The molecule has 2 amide bonds. The van der Waals surface area contributed by atoms with Gasteiger partial charge in [-0.2, -0.15) is 0 Å². The molecule has 5 nitrogen and oxygen atoms in total. The van der Waals surface area contributed by atoms with Crippen molar-refractivity contribution in [1.29, 1.82) is 0 Å². The van der Waals surface area contributed by atoms with Gasteiger partial charge in [-0.15, -0.1) is 0 Å². The van der Waals surface area contributed by atoms with E-state index in [0.29, 0.717) is 18.6 Å². The van der Waals surface area contributed by atoms with Gasteiger partial charge in [0, 0.05) is 25.2 Å². The summed E-state index contributed by atoms with van der Waals surface area (Å²) in [5, 5.41) is 6.15. The molecule has 2 N–H and O–H groups in total. The summed E-state index contributed by atoms with van der Waals surface area (Å²) in [5.74, 6) is 0.396. The summed E-state index contributed by atoms with van der Waals surface area (Å²) >= 11 is 0. The summed E-state index contributed by atoms with van der Waals surface area (Å²) in [6.45, 7) is 1.91. The molecule has 3 aliphatic rings. The molecule has 112 valence electrons. The quantitative estimate of drug-likeness (QED) is 0.776. The number of hydrogen-bond donors (Lipinski definition) is 2. The summed E-state index contributed by atoms with van der Waals surface area (Å²) in [6, 6.07) is 0.817. The van der Waals surface area contributed by atoms with Gasteiger partial charge in [0.25, 0.3) is 0 Å². The van der Waals surface area contributed by atoms with Crippen LogP contribution in [-0.2, 0) is 9.59 Å². The highest BCUT2D eigenvalue weighted by atomic mass is 16.2. The first-order chi connectivity index (χ1) is 9.70. The molecule has 0 radical (unpaired) electrons. The maximum absolute atomic E-state index is 11.9. The topological polar surface area (TPSA) is 61.4 Å². The average molecular weight is 279 g/mol. The van der Waals surface area contributed by atoms with E-state index < -0.39 is 0 Å². The number of hydrogen-bond acceptors (Lipinski definition) is 3. The lowest BCUT2D eigenvalue weighted by Gasteiger charge is -2.38. The summed E-state index contributed by atoms with van der Waals surface area (Å²) in [5.41, 5.74) is 0. The van der Waals surface area contributed by atoms with Gasteiger partial charge >= 0.3 is 0 Å². The Bertz CT molecular complexity index is 369. The number of rotatable bonds is 5. The molecular formula is C15H25N3O2. The van der Waals surface area contributed by atoms with E-state index in [4.69, 9.17) is 0 Å². The zero-order valence-corrected chi connectivity index (χ0v) is 12.1. The minimum absolute atomic E-state index is 0.0954. The van der Waals surface area contributed by atoms with E-state index in [1.165, 1.54) is 19.3 Å². The summed E-state index contributed by atoms with van der Waals surface area (Å²) in [6.07, 6.45) is 8.28. The third-order valence-electron chi connectivity index (χ3n) is 4.59. The van der Waals surface area contributed by atoms with Gasteiger partial charge in [-0.1, -0.05) is 19.3 Å². The van der Waals surface area contributed by atoms with Crippen LogP contribution in [0.1, 0.15) is 44.9 Å². The van der Waals surface area contributed by atoms with Gasteiger partial charge in [0.2, 0.25) is 11.8 Å². The lowest BCUT2D eigenvalue weighted by Crippen LogP contribution is -2.56. The van der Waals surface area contributed by atoms with E-state index in [1.54, 1.807) is 0 Å². The van der Waals surface area contributed by atoms with Gasteiger partial charge in [0.1, 0.15) is 0 Å². The Balaban J connectivity index is 1.31. The molecule has 0 unspecified atom stereocenters. The largest absolute Gasteiger partial charge is 0.353 e. The van der Waals surface area contributed by atoms with E-state index in [9.17, 15) is 9.59 Å². The monoisotopic (exact) mass is 279 g/mol. The molecule has 0 spiro atoms. The van der Waals surface area contributed by atoms with Crippen LogP contribution in [0.4, 0.5) is 0 Å². The van der Waals surface area contributed by atoms with Gasteiger partial charge in [-0.3, -0.25) is 14.5 Å². The van der Waals surface area contributed by atoms with Crippen molar-refractivity contribution in [1.82, 2.24) is 15.5 Å². The van der Waals surface area contributed by atoms with Crippen molar-refractivity contribution in [2.24, 2.45) is 5.92 Å². The maximum atomic E-state index is 11.9. The fraction of sp³-hybridized carbons (Fsp3) is 0.867. The Morgan fingerprint density at radius 2 is 1.55 bits per heavy atom. The Kier molecular flexibility index (Phi) is 4.24. The highest BCUT2D eigenvalue weighted by molar-refractivity contribution is 5.82. The van der Waals surface area contributed by atoms with Crippen LogP contribution in [-0.4, -0.2) is 48.4 Å². The SMILES string of the molecule is O=C(CN1CC(C(=O)NC2CC2)C1)NC1CCCCC1. The van der Waals surface area contributed by atoms with Crippen molar-refractivity contribution in [3.63, 3.8) is 0 Å². The smallest absolute Gasteiger partial charge is 0.234 e. The molecule has 2 saturated carbocycles. The molecule has 1 saturated heterocycles. The van der Waals surface area contributed by atoms with Crippen LogP contribution >= 0.6 is 0 Å². The number of carbonyl (C=O) groups excluding carboxylic acids is 2. The van der Waals surface area contributed by atoms with Crippen molar-refractivity contribution in [3.05, 3.63) is 0 Å². The minimum Gasteiger partial charge on any atom is -0.353 e. The first-order valence-electron chi connectivity index (χ1n) is 8.03. The normalized spacial score (nSPS) is 25.0. The Labute approximate surface area is 120 Å². The van der Waals surface area contributed by atoms with Gasteiger partial charge in [0.05, 0.1) is 12.5 Å². The summed E-state index contributed by atoms with van der Waals surface area (Å²) in [7, 11) is 0. The molecular weight excluding hydrogens is 254 g/mol. The fourth-order valence-corrected chi connectivity index (χ4v) is 3.13. The first kappa shape index (κ1) is 13.9. The Morgan fingerprint density at radius 3 is 2.20 bits per heavy atom. The standard InChI is InChI=1S/C15H25N3O2/c19-14(16-12-4-2-1-3-5-12)10-18-8-11(9-18)15(20)17-13-6-7-13/h11-13H,1-10H2,(H,16,19)(H,17,20). The molecule has 3 rings (SSSR count). The van der Waals surface area contributed by atoms with E-state index in [0.717, 1.165) is 38.8 Å². The lowest BCUT2D eigenvalue weighted by molar-refractivity contribution is -0.134. The lowest BCUT2D eigenvalue weighted by atomic mass is 9.95. The molecule has 0 aromatic carbocycles. The average Bonchev–Trinajstić information content (AvgIpc) is 3.18. The third kappa shape index (κ3) is 3.72. The number of carbonyl (C=O) groups is 2. The van der Waals surface area contributed by atoms with Gasteiger partial charge in [-0.05, 0) is 25.7 Å². The van der Waals surface area contributed by atoms with Crippen molar-refractivity contribution < 1.29 is 9.59 Å². The zero-order valence-electron chi connectivity index (χ0n) is 12.1. The number of nitrogens with one attached hydrogen (secondary N) is 2. The highest BCUT2D eigenvalue weighted by Gasteiger charge is 2.36. The van der Waals surface area contributed by atoms with Crippen LogP contribution in [0.2, 0.25) is 0 Å². The molecule has 20 heavy (non-hydrogen) atoms. The molecule has 3 fully saturated rings. The molecule has 5 heteroatoms. The van der Waals surface area contributed by atoms with Crippen molar-refractivity contribution >= 4 is 11.8 Å². The predicted octanol–water partition coefficient (Wildman–Crippen LogP) is 0.646. The van der Waals surface area contributed by atoms with E-state index in [1.807, 2.05) is 0 Å². The number of nitrogens with zero attached hydrogens (tertiary/aromatic N) is 1. The highest BCUT2D eigenvalue weighted by Crippen LogP contribution is 2.22. The van der Waals surface area contributed by atoms with E-state index in [2.05, 4.69) is 15.5 Å².